The quantitative estimate of drug-likeness (QED) is 0.903. The lowest BCUT2D eigenvalue weighted by molar-refractivity contribution is 0.498. The Kier molecular flexibility index (Phi) is 4.27. The van der Waals surface area contributed by atoms with Crippen molar-refractivity contribution in [1.29, 1.82) is 0 Å². The zero-order chi connectivity index (χ0) is 12.5. The third-order valence-electron chi connectivity index (χ3n) is 3.69. The van der Waals surface area contributed by atoms with Crippen LogP contribution in [0, 0.1) is 5.92 Å². The Morgan fingerprint density at radius 2 is 2.00 bits per heavy atom. The van der Waals surface area contributed by atoms with Gasteiger partial charge in [0.25, 0.3) is 5.56 Å². The number of fused-ring (bicyclic) bond motifs is 1. The molecule has 0 saturated heterocycles. The predicted molar refractivity (Wildman–Crippen MR) is 81.0 cm³/mol. The molecule has 4 heteroatoms. The highest BCUT2D eigenvalue weighted by atomic mass is 35.5. The van der Waals surface area contributed by atoms with Crippen molar-refractivity contribution in [3.8, 4) is 0 Å². The molecule has 0 aliphatic heterocycles. The largest absolute Gasteiger partial charge is 0.328 e. The minimum Gasteiger partial charge on any atom is -0.328 e. The molecule has 0 spiro atoms. The number of aromatic nitrogens is 1. The van der Waals surface area contributed by atoms with Crippen molar-refractivity contribution in [2.75, 3.05) is 6.54 Å². The normalized spacial score (nSPS) is 16.1. The van der Waals surface area contributed by atoms with Crippen LogP contribution in [0.3, 0.4) is 0 Å². The summed E-state index contributed by atoms with van der Waals surface area (Å²) < 4.78 is 0. The van der Waals surface area contributed by atoms with Gasteiger partial charge in [0.2, 0.25) is 0 Å². The Morgan fingerprint density at radius 1 is 1.32 bits per heavy atom. The monoisotopic (exact) mass is 278 g/mol. The minimum absolute atomic E-state index is 0. The van der Waals surface area contributed by atoms with Crippen LogP contribution in [0.2, 0.25) is 0 Å². The molecule has 1 aliphatic carbocycles. The van der Waals surface area contributed by atoms with Gasteiger partial charge >= 0.3 is 0 Å². The van der Waals surface area contributed by atoms with Crippen molar-refractivity contribution in [3.63, 3.8) is 0 Å². The van der Waals surface area contributed by atoms with Crippen molar-refractivity contribution in [2.24, 2.45) is 5.92 Å². The van der Waals surface area contributed by atoms with Crippen molar-refractivity contribution in [3.05, 3.63) is 46.4 Å². The van der Waals surface area contributed by atoms with Gasteiger partial charge in [-0.25, -0.2) is 0 Å². The van der Waals surface area contributed by atoms with Gasteiger partial charge in [-0.1, -0.05) is 25.1 Å². The molecule has 1 unspecified atom stereocenters. The maximum absolute atomic E-state index is 11.8. The summed E-state index contributed by atoms with van der Waals surface area (Å²) in [5, 5.41) is 5.42. The zero-order valence-electron chi connectivity index (χ0n) is 11.0. The molecule has 1 fully saturated rings. The van der Waals surface area contributed by atoms with Crippen molar-refractivity contribution >= 4 is 23.2 Å². The molecule has 1 aromatic heterocycles. The Morgan fingerprint density at radius 3 is 2.63 bits per heavy atom. The molecule has 3 nitrogen and oxygen atoms in total. The molecule has 2 N–H and O–H groups in total. The molecule has 1 atom stereocenters. The fourth-order valence-electron chi connectivity index (χ4n) is 2.67. The summed E-state index contributed by atoms with van der Waals surface area (Å²) in [6.07, 6.45) is 4.45. The summed E-state index contributed by atoms with van der Waals surface area (Å²) in [4.78, 5) is 14.7. The first-order valence-electron chi connectivity index (χ1n) is 6.65. The van der Waals surface area contributed by atoms with Gasteiger partial charge < -0.3 is 10.3 Å². The van der Waals surface area contributed by atoms with E-state index in [-0.39, 0.29) is 18.0 Å². The van der Waals surface area contributed by atoms with Gasteiger partial charge in [-0.3, -0.25) is 4.79 Å². The molecule has 19 heavy (non-hydrogen) atoms. The van der Waals surface area contributed by atoms with Crippen LogP contribution in [0.5, 0.6) is 0 Å². The molecule has 2 aromatic rings. The van der Waals surface area contributed by atoms with E-state index in [1.807, 2.05) is 30.5 Å². The number of H-pyrrole nitrogens is 1. The van der Waals surface area contributed by atoms with Gasteiger partial charge in [0.15, 0.2) is 0 Å². The predicted octanol–water partition coefficient (Wildman–Crippen LogP) is 3.01. The van der Waals surface area contributed by atoms with Crippen LogP contribution in [-0.2, 0) is 0 Å². The first-order chi connectivity index (χ1) is 8.81. The average molecular weight is 279 g/mol. The summed E-state index contributed by atoms with van der Waals surface area (Å²) in [5.41, 5.74) is 1.23. The van der Waals surface area contributed by atoms with E-state index >= 15 is 0 Å². The van der Waals surface area contributed by atoms with Crippen molar-refractivity contribution in [1.82, 2.24) is 10.3 Å². The lowest BCUT2D eigenvalue weighted by Gasteiger charge is -2.19. The summed E-state index contributed by atoms with van der Waals surface area (Å²) in [6, 6.07) is 8.24. The fourth-order valence-corrected chi connectivity index (χ4v) is 2.67. The first-order valence-corrected chi connectivity index (χ1v) is 6.65. The highest BCUT2D eigenvalue weighted by molar-refractivity contribution is 5.85. The Labute approximate surface area is 118 Å². The molecule has 1 heterocycles. The van der Waals surface area contributed by atoms with Crippen molar-refractivity contribution in [2.45, 2.75) is 25.8 Å². The Bertz CT molecular complexity index is 619. The Hall–Kier alpha value is -1.32. The molecule has 0 amide bonds. The van der Waals surface area contributed by atoms with Gasteiger partial charge in [-0.15, -0.1) is 12.4 Å². The number of nitrogens with one attached hydrogen (secondary N) is 2. The third-order valence-corrected chi connectivity index (χ3v) is 3.69. The summed E-state index contributed by atoms with van der Waals surface area (Å²) in [6.45, 7) is 3.08. The van der Waals surface area contributed by atoms with Crippen LogP contribution in [0.4, 0.5) is 0 Å². The standard InChI is InChI=1S/C15H18N2O.ClH/c1-2-16-14(10-7-8-10)13-9-17-15(18)12-6-4-3-5-11(12)13;/h3-6,9-10,14,16H,2,7-8H2,1H3,(H,17,18);1H. The highest BCUT2D eigenvalue weighted by Crippen LogP contribution is 2.42. The van der Waals surface area contributed by atoms with E-state index in [1.165, 1.54) is 18.4 Å². The molecule has 0 radical (unpaired) electrons. The molecule has 3 rings (SSSR count). The van der Waals surface area contributed by atoms with Gasteiger partial charge in [0.1, 0.15) is 0 Å². The summed E-state index contributed by atoms with van der Waals surface area (Å²) in [5.74, 6) is 0.722. The second-order valence-electron chi connectivity index (χ2n) is 4.99. The van der Waals surface area contributed by atoms with Crippen molar-refractivity contribution < 1.29 is 0 Å². The number of hydrogen-bond acceptors (Lipinski definition) is 2. The first kappa shape index (κ1) is 14.1. The van der Waals surface area contributed by atoms with E-state index in [1.54, 1.807) is 0 Å². The number of pyridine rings is 1. The van der Waals surface area contributed by atoms with Gasteiger partial charge in [-0.2, -0.15) is 0 Å². The van der Waals surface area contributed by atoms with Gasteiger partial charge in [0, 0.05) is 17.6 Å². The summed E-state index contributed by atoms with van der Waals surface area (Å²) in [7, 11) is 0. The topological polar surface area (TPSA) is 44.9 Å². The van der Waals surface area contributed by atoms with Gasteiger partial charge in [-0.05, 0) is 42.3 Å². The average Bonchev–Trinajstić information content (AvgIpc) is 3.22. The Balaban J connectivity index is 0.00000133. The van der Waals surface area contributed by atoms with Crippen LogP contribution in [0.1, 0.15) is 31.4 Å². The van der Waals surface area contributed by atoms with Crippen LogP contribution >= 0.6 is 12.4 Å². The highest BCUT2D eigenvalue weighted by Gasteiger charge is 2.32. The number of aromatic amines is 1. The van der Waals surface area contributed by atoms with Crippen LogP contribution in [0.25, 0.3) is 10.8 Å². The van der Waals surface area contributed by atoms with Crippen LogP contribution in [0.15, 0.2) is 35.3 Å². The second kappa shape index (κ2) is 5.76. The summed E-state index contributed by atoms with van der Waals surface area (Å²) >= 11 is 0. The van der Waals surface area contributed by atoms with Crippen LogP contribution < -0.4 is 10.9 Å². The molecule has 0 bridgehead atoms. The number of rotatable bonds is 4. The molecule has 1 saturated carbocycles. The lowest BCUT2D eigenvalue weighted by atomic mass is 9.98. The molecule has 102 valence electrons. The van der Waals surface area contributed by atoms with E-state index in [0.717, 1.165) is 23.2 Å². The minimum atomic E-state index is 0. The van der Waals surface area contributed by atoms with E-state index in [4.69, 9.17) is 0 Å². The molecular weight excluding hydrogens is 260 g/mol. The molecular formula is C15H19ClN2O. The third kappa shape index (κ3) is 2.67. The number of benzene rings is 1. The SMILES string of the molecule is CCNC(c1c[nH]c(=O)c2ccccc12)C1CC1.Cl. The molecule has 1 aromatic carbocycles. The van der Waals surface area contributed by atoms with Gasteiger partial charge in [0.05, 0.1) is 0 Å². The van der Waals surface area contributed by atoms with E-state index in [0.29, 0.717) is 6.04 Å². The molecule has 1 aliphatic rings. The lowest BCUT2D eigenvalue weighted by Crippen LogP contribution is -2.24. The van der Waals surface area contributed by atoms with E-state index < -0.39 is 0 Å². The fraction of sp³-hybridized carbons (Fsp3) is 0.400. The maximum Gasteiger partial charge on any atom is 0.255 e. The van der Waals surface area contributed by atoms with E-state index in [9.17, 15) is 4.79 Å². The van der Waals surface area contributed by atoms with Crippen LogP contribution in [-0.4, -0.2) is 11.5 Å². The number of hydrogen-bond donors (Lipinski definition) is 2. The zero-order valence-corrected chi connectivity index (χ0v) is 11.8. The smallest absolute Gasteiger partial charge is 0.255 e. The maximum atomic E-state index is 11.8. The number of halogens is 1. The van der Waals surface area contributed by atoms with E-state index in [2.05, 4.69) is 17.2 Å². The second-order valence-corrected chi connectivity index (χ2v) is 4.99.